The molecule has 0 aliphatic carbocycles. The van der Waals surface area contributed by atoms with E-state index in [9.17, 15) is 9.59 Å². The average molecular weight is 348 g/mol. The highest BCUT2D eigenvalue weighted by Gasteiger charge is 2.12. The van der Waals surface area contributed by atoms with Crippen molar-refractivity contribution in [3.8, 4) is 0 Å². The number of hydrogen-bond donors (Lipinski definition) is 2. The Morgan fingerprint density at radius 3 is 2.54 bits per heavy atom. The van der Waals surface area contributed by atoms with Gasteiger partial charge >= 0.3 is 5.69 Å². The molecule has 6 heteroatoms. The summed E-state index contributed by atoms with van der Waals surface area (Å²) in [5.41, 5.74) is 3.97. The minimum Gasteiger partial charge on any atom is -0.319 e. The van der Waals surface area contributed by atoms with Crippen molar-refractivity contribution in [3.05, 3.63) is 74.6 Å². The molecule has 26 heavy (non-hydrogen) atoms. The van der Waals surface area contributed by atoms with Crippen molar-refractivity contribution in [2.24, 2.45) is 5.92 Å². The third-order valence-corrected chi connectivity index (χ3v) is 4.42. The minimum absolute atomic E-state index is 0.143. The summed E-state index contributed by atoms with van der Waals surface area (Å²) >= 11 is 0. The van der Waals surface area contributed by atoms with Gasteiger partial charge in [-0.1, -0.05) is 44.2 Å². The van der Waals surface area contributed by atoms with Crippen LogP contribution in [0.2, 0.25) is 0 Å². The highest BCUT2D eigenvalue weighted by molar-refractivity contribution is 5.91. The van der Waals surface area contributed by atoms with Crippen LogP contribution in [0.25, 0.3) is 22.1 Å². The van der Waals surface area contributed by atoms with Crippen LogP contribution in [0.4, 0.5) is 0 Å². The van der Waals surface area contributed by atoms with E-state index in [0.717, 1.165) is 11.1 Å². The quantitative estimate of drug-likeness (QED) is 0.595. The fourth-order valence-electron chi connectivity index (χ4n) is 3.23. The predicted octanol–water partition coefficient (Wildman–Crippen LogP) is 2.81. The fourth-order valence-corrected chi connectivity index (χ4v) is 3.23. The predicted molar refractivity (Wildman–Crippen MR) is 103 cm³/mol. The molecule has 0 aliphatic heterocycles. The fraction of sp³-hybridized carbons (Fsp3) is 0.250. The van der Waals surface area contributed by atoms with Gasteiger partial charge in [0.25, 0.3) is 5.56 Å². The van der Waals surface area contributed by atoms with Gasteiger partial charge in [0.05, 0.1) is 22.1 Å². The summed E-state index contributed by atoms with van der Waals surface area (Å²) in [5.74, 6) is 0.347. The van der Waals surface area contributed by atoms with Crippen molar-refractivity contribution >= 4 is 22.1 Å². The molecule has 132 valence electrons. The van der Waals surface area contributed by atoms with Crippen LogP contribution in [0.5, 0.6) is 0 Å². The van der Waals surface area contributed by atoms with Crippen LogP contribution < -0.4 is 11.2 Å². The SMILES string of the molecule is CC(C)Cn1c(=O)[nH]c2cc3[nH]c(=O)c(Cc4ccccc4)nc3cc21. The summed E-state index contributed by atoms with van der Waals surface area (Å²) in [6.07, 6.45) is 0.468. The third kappa shape index (κ3) is 2.94. The van der Waals surface area contributed by atoms with Crippen molar-refractivity contribution < 1.29 is 0 Å². The molecule has 0 fully saturated rings. The molecule has 0 amide bonds. The zero-order valence-electron chi connectivity index (χ0n) is 14.7. The van der Waals surface area contributed by atoms with Crippen molar-refractivity contribution in [3.63, 3.8) is 0 Å². The lowest BCUT2D eigenvalue weighted by Gasteiger charge is -2.07. The monoisotopic (exact) mass is 348 g/mol. The summed E-state index contributed by atoms with van der Waals surface area (Å²) in [6, 6.07) is 13.4. The molecule has 0 spiro atoms. The molecule has 0 atom stereocenters. The zero-order chi connectivity index (χ0) is 18.3. The molecule has 0 bridgehead atoms. The highest BCUT2D eigenvalue weighted by atomic mass is 16.1. The molecular weight excluding hydrogens is 328 g/mol. The standard InChI is InChI=1S/C20H20N4O2/c1-12(2)11-24-18-10-15-14(9-16(18)23-20(24)26)22-19(25)17(21-15)8-13-6-4-3-5-7-13/h3-7,9-10,12H,8,11H2,1-2H3,(H,22,25)(H,23,26). The van der Waals surface area contributed by atoms with Crippen LogP contribution >= 0.6 is 0 Å². The van der Waals surface area contributed by atoms with E-state index < -0.39 is 0 Å². The van der Waals surface area contributed by atoms with Crippen molar-refractivity contribution in [1.82, 2.24) is 19.5 Å². The van der Waals surface area contributed by atoms with E-state index in [1.165, 1.54) is 0 Å². The van der Waals surface area contributed by atoms with Gasteiger partial charge in [0.2, 0.25) is 0 Å². The van der Waals surface area contributed by atoms with Gasteiger partial charge in [0.1, 0.15) is 5.69 Å². The third-order valence-electron chi connectivity index (χ3n) is 4.42. The van der Waals surface area contributed by atoms with Crippen LogP contribution in [0, 0.1) is 5.92 Å². The number of benzene rings is 2. The van der Waals surface area contributed by atoms with Gasteiger partial charge in [-0.3, -0.25) is 9.36 Å². The smallest absolute Gasteiger partial charge is 0.319 e. The van der Waals surface area contributed by atoms with E-state index >= 15 is 0 Å². The molecule has 2 N–H and O–H groups in total. The van der Waals surface area contributed by atoms with Gasteiger partial charge in [-0.2, -0.15) is 0 Å². The zero-order valence-corrected chi connectivity index (χ0v) is 14.7. The van der Waals surface area contributed by atoms with Gasteiger partial charge in [-0.25, -0.2) is 9.78 Å². The van der Waals surface area contributed by atoms with Crippen molar-refractivity contribution in [1.29, 1.82) is 0 Å². The van der Waals surface area contributed by atoms with E-state index in [-0.39, 0.29) is 11.2 Å². The number of aromatic amines is 2. The van der Waals surface area contributed by atoms with Gasteiger partial charge < -0.3 is 9.97 Å². The number of rotatable bonds is 4. The first-order valence-electron chi connectivity index (χ1n) is 8.70. The first-order valence-corrected chi connectivity index (χ1v) is 8.70. The van der Waals surface area contributed by atoms with Crippen molar-refractivity contribution in [2.45, 2.75) is 26.8 Å². The molecule has 2 aromatic heterocycles. The molecule has 2 heterocycles. The number of aromatic nitrogens is 4. The Bertz CT molecular complexity index is 1200. The minimum atomic E-state index is -0.204. The number of nitrogens with one attached hydrogen (secondary N) is 2. The first kappa shape index (κ1) is 16.3. The van der Waals surface area contributed by atoms with Crippen LogP contribution in [0.1, 0.15) is 25.1 Å². The van der Waals surface area contributed by atoms with E-state index in [1.807, 2.05) is 36.4 Å². The van der Waals surface area contributed by atoms with Crippen LogP contribution in [-0.2, 0) is 13.0 Å². The van der Waals surface area contributed by atoms with Crippen LogP contribution in [-0.4, -0.2) is 19.5 Å². The Morgan fingerprint density at radius 2 is 1.81 bits per heavy atom. The van der Waals surface area contributed by atoms with Gasteiger partial charge in [0, 0.05) is 13.0 Å². The molecule has 4 rings (SSSR count). The summed E-state index contributed by atoms with van der Waals surface area (Å²) < 4.78 is 1.73. The van der Waals surface area contributed by atoms with E-state index in [1.54, 1.807) is 10.6 Å². The number of imidazole rings is 1. The van der Waals surface area contributed by atoms with Crippen LogP contribution in [0.15, 0.2) is 52.1 Å². The maximum absolute atomic E-state index is 12.4. The second-order valence-electron chi connectivity index (χ2n) is 7.00. The number of H-pyrrole nitrogens is 2. The summed E-state index contributed by atoms with van der Waals surface area (Å²) in [4.78, 5) is 35.0. The molecule has 4 aromatic rings. The lowest BCUT2D eigenvalue weighted by atomic mass is 10.1. The maximum atomic E-state index is 12.4. The Balaban J connectivity index is 1.87. The average Bonchev–Trinajstić information content (AvgIpc) is 2.89. The Hall–Kier alpha value is -3.15. The normalized spacial score (nSPS) is 11.7. The van der Waals surface area contributed by atoms with Gasteiger partial charge in [0.15, 0.2) is 0 Å². The van der Waals surface area contributed by atoms with Gasteiger partial charge in [-0.05, 0) is 23.6 Å². The molecule has 0 aliphatic rings. The number of nitrogens with zero attached hydrogens (tertiary/aromatic N) is 2. The topological polar surface area (TPSA) is 83.5 Å². The number of hydrogen-bond acceptors (Lipinski definition) is 3. The molecule has 6 nitrogen and oxygen atoms in total. The van der Waals surface area contributed by atoms with E-state index in [2.05, 4.69) is 28.8 Å². The van der Waals surface area contributed by atoms with E-state index in [4.69, 9.17) is 0 Å². The largest absolute Gasteiger partial charge is 0.326 e. The second kappa shape index (κ2) is 6.29. The molecule has 0 radical (unpaired) electrons. The highest BCUT2D eigenvalue weighted by Crippen LogP contribution is 2.18. The first-order chi connectivity index (χ1) is 12.5. The summed E-state index contributed by atoms with van der Waals surface area (Å²) in [7, 11) is 0. The maximum Gasteiger partial charge on any atom is 0.326 e. The summed E-state index contributed by atoms with van der Waals surface area (Å²) in [6.45, 7) is 4.77. The van der Waals surface area contributed by atoms with E-state index in [0.29, 0.717) is 41.1 Å². The molecular formula is C20H20N4O2. The second-order valence-corrected chi connectivity index (χ2v) is 7.00. The summed E-state index contributed by atoms with van der Waals surface area (Å²) in [5, 5.41) is 0. The molecule has 0 saturated heterocycles. The molecule has 0 saturated carbocycles. The lowest BCUT2D eigenvalue weighted by Crippen LogP contribution is -2.19. The van der Waals surface area contributed by atoms with Crippen LogP contribution in [0.3, 0.4) is 0 Å². The molecule has 0 unspecified atom stereocenters. The Kier molecular flexibility index (Phi) is 3.95. The van der Waals surface area contributed by atoms with Gasteiger partial charge in [-0.15, -0.1) is 0 Å². The Labute approximate surface area is 149 Å². The Morgan fingerprint density at radius 1 is 1.04 bits per heavy atom. The van der Waals surface area contributed by atoms with Crippen molar-refractivity contribution in [2.75, 3.05) is 0 Å². The molecule has 2 aromatic carbocycles. The lowest BCUT2D eigenvalue weighted by molar-refractivity contribution is 0.522. The number of fused-ring (bicyclic) bond motifs is 2.